The lowest BCUT2D eigenvalue weighted by atomic mass is 10.0. The van der Waals surface area contributed by atoms with Gasteiger partial charge in [-0.1, -0.05) is 22.0 Å². The SMILES string of the molecule is CC(N)CCCC(=O)Cc1ccc(Br)cc1F. The molecule has 0 saturated carbocycles. The second-order valence-corrected chi connectivity index (χ2v) is 5.24. The average molecular weight is 302 g/mol. The van der Waals surface area contributed by atoms with E-state index in [4.69, 9.17) is 5.73 Å². The molecule has 1 rings (SSSR count). The molecule has 0 aliphatic rings. The van der Waals surface area contributed by atoms with Gasteiger partial charge in [0.05, 0.1) is 0 Å². The summed E-state index contributed by atoms with van der Waals surface area (Å²) >= 11 is 3.18. The van der Waals surface area contributed by atoms with Crippen molar-refractivity contribution in [1.82, 2.24) is 0 Å². The molecule has 0 heterocycles. The molecule has 4 heteroatoms. The maximum atomic E-state index is 13.5. The van der Waals surface area contributed by atoms with Crippen LogP contribution < -0.4 is 5.73 Å². The maximum Gasteiger partial charge on any atom is 0.137 e. The van der Waals surface area contributed by atoms with E-state index in [-0.39, 0.29) is 24.1 Å². The summed E-state index contributed by atoms with van der Waals surface area (Å²) in [4.78, 5) is 11.6. The molecule has 0 aliphatic carbocycles. The van der Waals surface area contributed by atoms with E-state index in [1.807, 2.05) is 6.92 Å². The fourth-order valence-corrected chi connectivity index (χ4v) is 1.92. The highest BCUT2D eigenvalue weighted by Gasteiger charge is 2.09. The van der Waals surface area contributed by atoms with Gasteiger partial charge in [-0.3, -0.25) is 4.79 Å². The molecule has 0 aromatic heterocycles. The average Bonchev–Trinajstić information content (AvgIpc) is 2.21. The third-order valence-electron chi connectivity index (χ3n) is 2.52. The number of carbonyl (C=O) groups is 1. The Labute approximate surface area is 110 Å². The van der Waals surface area contributed by atoms with Crippen LogP contribution in [0.25, 0.3) is 0 Å². The maximum absolute atomic E-state index is 13.5. The van der Waals surface area contributed by atoms with Crippen LogP contribution in [-0.4, -0.2) is 11.8 Å². The molecular formula is C13H17BrFNO. The lowest BCUT2D eigenvalue weighted by Crippen LogP contribution is -2.15. The van der Waals surface area contributed by atoms with Crippen LogP contribution in [0.2, 0.25) is 0 Å². The number of halogens is 2. The lowest BCUT2D eigenvalue weighted by molar-refractivity contribution is -0.118. The third kappa shape index (κ3) is 5.41. The van der Waals surface area contributed by atoms with Crippen molar-refractivity contribution in [2.45, 2.75) is 38.6 Å². The van der Waals surface area contributed by atoms with Gasteiger partial charge in [-0.05, 0) is 37.5 Å². The molecule has 0 fully saturated rings. The topological polar surface area (TPSA) is 43.1 Å². The highest BCUT2D eigenvalue weighted by Crippen LogP contribution is 2.16. The van der Waals surface area contributed by atoms with Crippen LogP contribution in [0.3, 0.4) is 0 Å². The van der Waals surface area contributed by atoms with Crippen LogP contribution in [0.1, 0.15) is 31.7 Å². The van der Waals surface area contributed by atoms with Crippen molar-refractivity contribution in [1.29, 1.82) is 0 Å². The van der Waals surface area contributed by atoms with Crippen molar-refractivity contribution in [3.05, 3.63) is 34.1 Å². The Kier molecular flexibility index (Phi) is 5.78. The number of hydrogen-bond donors (Lipinski definition) is 1. The van der Waals surface area contributed by atoms with E-state index < -0.39 is 0 Å². The van der Waals surface area contributed by atoms with Gasteiger partial charge in [-0.2, -0.15) is 0 Å². The standard InChI is InChI=1S/C13H17BrFNO/c1-9(16)3-2-4-12(17)7-10-5-6-11(14)8-13(10)15/h5-6,8-9H,2-4,7,16H2,1H3. The minimum absolute atomic E-state index is 0.0619. The highest BCUT2D eigenvalue weighted by molar-refractivity contribution is 9.10. The molecule has 1 atom stereocenters. The molecule has 0 aliphatic heterocycles. The first-order chi connectivity index (χ1) is 7.99. The van der Waals surface area contributed by atoms with Gasteiger partial charge in [-0.25, -0.2) is 4.39 Å². The molecule has 0 spiro atoms. The van der Waals surface area contributed by atoms with Crippen molar-refractivity contribution in [2.24, 2.45) is 5.73 Å². The molecule has 1 aromatic carbocycles. The quantitative estimate of drug-likeness (QED) is 0.877. The van der Waals surface area contributed by atoms with Crippen LogP contribution in [0.4, 0.5) is 4.39 Å². The number of rotatable bonds is 6. The monoisotopic (exact) mass is 301 g/mol. The van der Waals surface area contributed by atoms with Crippen LogP contribution in [0.5, 0.6) is 0 Å². The van der Waals surface area contributed by atoms with Gasteiger partial charge in [0.1, 0.15) is 11.6 Å². The van der Waals surface area contributed by atoms with Gasteiger partial charge in [0.2, 0.25) is 0 Å². The van der Waals surface area contributed by atoms with E-state index in [9.17, 15) is 9.18 Å². The van der Waals surface area contributed by atoms with Crippen LogP contribution >= 0.6 is 15.9 Å². The molecule has 0 bridgehead atoms. The van der Waals surface area contributed by atoms with Crippen molar-refractivity contribution < 1.29 is 9.18 Å². The van der Waals surface area contributed by atoms with Gasteiger partial charge in [0.25, 0.3) is 0 Å². The van der Waals surface area contributed by atoms with Crippen LogP contribution in [0, 0.1) is 5.82 Å². The largest absolute Gasteiger partial charge is 0.328 e. The summed E-state index contributed by atoms with van der Waals surface area (Å²) in [5, 5.41) is 0. The molecule has 2 nitrogen and oxygen atoms in total. The van der Waals surface area contributed by atoms with E-state index in [1.165, 1.54) is 6.07 Å². The van der Waals surface area contributed by atoms with Crippen LogP contribution in [-0.2, 0) is 11.2 Å². The van der Waals surface area contributed by atoms with Gasteiger partial charge < -0.3 is 5.73 Å². The zero-order chi connectivity index (χ0) is 12.8. The lowest BCUT2D eigenvalue weighted by Gasteiger charge is -2.05. The molecule has 0 saturated heterocycles. The Morgan fingerprint density at radius 1 is 1.53 bits per heavy atom. The summed E-state index contributed by atoms with van der Waals surface area (Å²) in [6, 6.07) is 4.88. The first-order valence-corrected chi connectivity index (χ1v) is 6.49. The Morgan fingerprint density at radius 2 is 2.24 bits per heavy atom. The Balaban J connectivity index is 2.45. The van der Waals surface area contributed by atoms with Crippen molar-refractivity contribution in [2.75, 3.05) is 0 Å². The zero-order valence-corrected chi connectivity index (χ0v) is 11.5. The molecule has 2 N–H and O–H groups in total. The number of nitrogens with two attached hydrogens (primary N) is 1. The van der Waals surface area contributed by atoms with E-state index in [2.05, 4.69) is 15.9 Å². The van der Waals surface area contributed by atoms with Gasteiger partial charge >= 0.3 is 0 Å². The number of hydrogen-bond acceptors (Lipinski definition) is 2. The fraction of sp³-hybridized carbons (Fsp3) is 0.462. The second-order valence-electron chi connectivity index (χ2n) is 4.32. The van der Waals surface area contributed by atoms with Crippen molar-refractivity contribution in [3.8, 4) is 0 Å². The molecule has 1 aromatic rings. The number of Topliss-reactive ketones (excluding diaryl/α,β-unsaturated/α-hetero) is 1. The van der Waals surface area contributed by atoms with E-state index >= 15 is 0 Å². The summed E-state index contributed by atoms with van der Waals surface area (Å²) in [5.41, 5.74) is 6.05. The summed E-state index contributed by atoms with van der Waals surface area (Å²) < 4.78 is 14.1. The van der Waals surface area contributed by atoms with Gasteiger partial charge in [0.15, 0.2) is 0 Å². The Hall–Kier alpha value is -0.740. The second kappa shape index (κ2) is 6.87. The van der Waals surface area contributed by atoms with Gasteiger partial charge in [0, 0.05) is 23.4 Å². The zero-order valence-electron chi connectivity index (χ0n) is 9.88. The highest BCUT2D eigenvalue weighted by atomic mass is 79.9. The molecule has 0 radical (unpaired) electrons. The normalized spacial score (nSPS) is 12.5. The Bertz CT molecular complexity index is 393. The van der Waals surface area contributed by atoms with E-state index in [0.717, 1.165) is 12.8 Å². The number of benzene rings is 1. The van der Waals surface area contributed by atoms with Crippen molar-refractivity contribution >= 4 is 21.7 Å². The number of carbonyl (C=O) groups excluding carboxylic acids is 1. The first-order valence-electron chi connectivity index (χ1n) is 5.70. The van der Waals surface area contributed by atoms with Gasteiger partial charge in [-0.15, -0.1) is 0 Å². The summed E-state index contributed by atoms with van der Waals surface area (Å²) in [6.45, 7) is 1.92. The smallest absolute Gasteiger partial charge is 0.137 e. The molecule has 94 valence electrons. The molecule has 17 heavy (non-hydrogen) atoms. The minimum Gasteiger partial charge on any atom is -0.328 e. The van der Waals surface area contributed by atoms with E-state index in [1.54, 1.807) is 12.1 Å². The third-order valence-corrected chi connectivity index (χ3v) is 3.01. The predicted molar refractivity (Wildman–Crippen MR) is 70.3 cm³/mol. The van der Waals surface area contributed by atoms with Crippen molar-refractivity contribution in [3.63, 3.8) is 0 Å². The molecular weight excluding hydrogens is 285 g/mol. The summed E-state index contributed by atoms with van der Waals surface area (Å²) in [7, 11) is 0. The number of ketones is 1. The molecule has 1 unspecified atom stereocenters. The van der Waals surface area contributed by atoms with E-state index in [0.29, 0.717) is 16.5 Å². The molecule has 0 amide bonds. The first kappa shape index (κ1) is 14.3. The summed E-state index contributed by atoms with van der Waals surface area (Å²) in [6.07, 6.45) is 2.23. The van der Waals surface area contributed by atoms with Crippen LogP contribution in [0.15, 0.2) is 22.7 Å². The summed E-state index contributed by atoms with van der Waals surface area (Å²) in [5.74, 6) is -0.271. The minimum atomic E-state index is -0.333. The predicted octanol–water partition coefficient (Wildman–Crippen LogP) is 3.22. The fourth-order valence-electron chi connectivity index (χ4n) is 1.59. The Morgan fingerprint density at radius 3 is 2.82 bits per heavy atom.